The summed E-state index contributed by atoms with van der Waals surface area (Å²) in [6, 6.07) is 4.28. The third-order valence-electron chi connectivity index (χ3n) is 3.68. The number of rotatable bonds is 7. The second kappa shape index (κ2) is 10.7. The SMILES string of the molecule is CCC(C)NC(=NCc1nc(C)c(C)s1)NCCc1ccco1.I. The third kappa shape index (κ3) is 6.80. The van der Waals surface area contributed by atoms with Crippen molar-refractivity contribution >= 4 is 41.3 Å². The van der Waals surface area contributed by atoms with E-state index in [1.54, 1.807) is 17.6 Å². The molecule has 24 heavy (non-hydrogen) atoms. The Bertz CT molecular complexity index is 605. The van der Waals surface area contributed by atoms with E-state index in [1.165, 1.54) is 4.88 Å². The summed E-state index contributed by atoms with van der Waals surface area (Å²) in [7, 11) is 0. The molecule has 1 atom stereocenters. The molecule has 2 aromatic heterocycles. The number of nitrogens with zero attached hydrogens (tertiary/aromatic N) is 2. The van der Waals surface area contributed by atoms with E-state index < -0.39 is 0 Å². The first-order valence-electron chi connectivity index (χ1n) is 8.08. The summed E-state index contributed by atoms with van der Waals surface area (Å²) in [5, 5.41) is 7.85. The van der Waals surface area contributed by atoms with Gasteiger partial charge in [-0.1, -0.05) is 6.92 Å². The molecule has 0 saturated carbocycles. The van der Waals surface area contributed by atoms with E-state index in [4.69, 9.17) is 4.42 Å². The minimum Gasteiger partial charge on any atom is -0.469 e. The predicted molar refractivity (Wildman–Crippen MR) is 111 cm³/mol. The molecule has 0 saturated heterocycles. The Morgan fingerprint density at radius 3 is 2.79 bits per heavy atom. The molecule has 2 heterocycles. The topological polar surface area (TPSA) is 62.5 Å². The number of guanidine groups is 1. The monoisotopic (exact) mass is 462 g/mol. The highest BCUT2D eigenvalue weighted by Gasteiger charge is 2.06. The number of hydrogen-bond donors (Lipinski definition) is 2. The normalized spacial score (nSPS) is 12.6. The number of thiazole rings is 1. The molecule has 5 nitrogen and oxygen atoms in total. The molecule has 0 amide bonds. The van der Waals surface area contributed by atoms with Crippen molar-refractivity contribution in [3.8, 4) is 0 Å². The number of aryl methyl sites for hydroxylation is 2. The largest absolute Gasteiger partial charge is 0.469 e. The van der Waals surface area contributed by atoms with Crippen LogP contribution < -0.4 is 10.6 Å². The number of furan rings is 1. The van der Waals surface area contributed by atoms with Crippen molar-refractivity contribution < 1.29 is 4.42 Å². The summed E-state index contributed by atoms with van der Waals surface area (Å²) in [5.74, 6) is 1.81. The van der Waals surface area contributed by atoms with Crippen molar-refractivity contribution in [2.45, 2.75) is 53.1 Å². The molecule has 0 bridgehead atoms. The van der Waals surface area contributed by atoms with Crippen LogP contribution in [0, 0.1) is 13.8 Å². The maximum absolute atomic E-state index is 5.35. The van der Waals surface area contributed by atoms with Crippen LogP contribution in [-0.4, -0.2) is 23.5 Å². The maximum atomic E-state index is 5.35. The van der Waals surface area contributed by atoms with Crippen LogP contribution in [-0.2, 0) is 13.0 Å². The fraction of sp³-hybridized carbons (Fsp3) is 0.529. The van der Waals surface area contributed by atoms with Crippen molar-refractivity contribution in [1.82, 2.24) is 15.6 Å². The van der Waals surface area contributed by atoms with E-state index >= 15 is 0 Å². The van der Waals surface area contributed by atoms with Gasteiger partial charge >= 0.3 is 0 Å². The lowest BCUT2D eigenvalue weighted by molar-refractivity contribution is 0.506. The molecule has 7 heteroatoms. The molecular formula is C17H27IN4OS. The molecule has 0 fully saturated rings. The Hall–Kier alpha value is -1.09. The predicted octanol–water partition coefficient (Wildman–Crippen LogP) is 4.05. The Labute approximate surface area is 165 Å². The summed E-state index contributed by atoms with van der Waals surface area (Å²) < 4.78 is 5.35. The Morgan fingerprint density at radius 2 is 2.21 bits per heavy atom. The van der Waals surface area contributed by atoms with Crippen LogP contribution in [0.25, 0.3) is 0 Å². The van der Waals surface area contributed by atoms with Gasteiger partial charge in [-0.2, -0.15) is 0 Å². The first-order valence-corrected chi connectivity index (χ1v) is 8.90. The zero-order valence-corrected chi connectivity index (χ0v) is 17.9. The molecule has 0 aromatic carbocycles. The van der Waals surface area contributed by atoms with Crippen molar-refractivity contribution in [2.24, 2.45) is 4.99 Å². The van der Waals surface area contributed by atoms with E-state index in [9.17, 15) is 0 Å². The van der Waals surface area contributed by atoms with Gasteiger partial charge in [0.15, 0.2) is 5.96 Å². The van der Waals surface area contributed by atoms with Crippen molar-refractivity contribution in [3.05, 3.63) is 39.7 Å². The van der Waals surface area contributed by atoms with Gasteiger partial charge in [0.2, 0.25) is 0 Å². The quantitative estimate of drug-likeness (QED) is 0.370. The molecule has 1 unspecified atom stereocenters. The highest BCUT2D eigenvalue weighted by molar-refractivity contribution is 14.0. The summed E-state index contributed by atoms with van der Waals surface area (Å²) in [4.78, 5) is 10.5. The first-order chi connectivity index (χ1) is 11.1. The van der Waals surface area contributed by atoms with Crippen LogP contribution in [0.4, 0.5) is 0 Å². The average Bonchev–Trinajstić information content (AvgIpc) is 3.15. The molecule has 0 aliphatic heterocycles. The van der Waals surface area contributed by atoms with Gasteiger partial charge in [-0.3, -0.25) is 0 Å². The Balaban J connectivity index is 0.00000288. The molecule has 2 N–H and O–H groups in total. The average molecular weight is 462 g/mol. The van der Waals surface area contributed by atoms with Gasteiger partial charge in [-0.15, -0.1) is 35.3 Å². The molecule has 2 rings (SSSR count). The Morgan fingerprint density at radius 1 is 1.42 bits per heavy atom. The fourth-order valence-corrected chi connectivity index (χ4v) is 2.86. The number of hydrogen-bond acceptors (Lipinski definition) is 4. The van der Waals surface area contributed by atoms with E-state index in [1.807, 2.05) is 19.1 Å². The van der Waals surface area contributed by atoms with Gasteiger partial charge in [-0.05, 0) is 39.3 Å². The molecule has 0 aliphatic rings. The highest BCUT2D eigenvalue weighted by Crippen LogP contribution is 2.16. The molecular weight excluding hydrogens is 435 g/mol. The molecule has 0 aliphatic carbocycles. The lowest BCUT2D eigenvalue weighted by Gasteiger charge is -2.16. The second-order valence-corrected chi connectivity index (χ2v) is 6.91. The fourth-order valence-electron chi connectivity index (χ4n) is 2.00. The van der Waals surface area contributed by atoms with Crippen LogP contribution in [0.2, 0.25) is 0 Å². The van der Waals surface area contributed by atoms with E-state index in [0.717, 1.165) is 41.8 Å². The van der Waals surface area contributed by atoms with Crippen LogP contribution in [0.1, 0.15) is 41.6 Å². The number of nitrogens with one attached hydrogen (secondary N) is 2. The lowest BCUT2D eigenvalue weighted by Crippen LogP contribution is -2.42. The second-order valence-electron chi connectivity index (χ2n) is 5.62. The zero-order chi connectivity index (χ0) is 16.7. The van der Waals surface area contributed by atoms with Crippen LogP contribution in [0.5, 0.6) is 0 Å². The van der Waals surface area contributed by atoms with E-state index in [2.05, 4.69) is 41.4 Å². The van der Waals surface area contributed by atoms with Crippen LogP contribution in [0.15, 0.2) is 27.8 Å². The van der Waals surface area contributed by atoms with Crippen LogP contribution in [0.3, 0.4) is 0 Å². The summed E-state index contributed by atoms with van der Waals surface area (Å²) >= 11 is 1.71. The minimum atomic E-state index is 0. The summed E-state index contributed by atoms with van der Waals surface area (Å²) in [6.45, 7) is 9.84. The molecule has 0 radical (unpaired) electrons. The molecule has 0 spiro atoms. The number of aliphatic imine (C=N–C) groups is 1. The van der Waals surface area contributed by atoms with Crippen LogP contribution >= 0.6 is 35.3 Å². The molecule has 2 aromatic rings. The van der Waals surface area contributed by atoms with E-state index in [-0.39, 0.29) is 24.0 Å². The third-order valence-corrected chi connectivity index (χ3v) is 4.74. The van der Waals surface area contributed by atoms with Gasteiger partial charge < -0.3 is 15.1 Å². The van der Waals surface area contributed by atoms with Gasteiger partial charge in [-0.25, -0.2) is 9.98 Å². The Kier molecular flexibility index (Phi) is 9.35. The standard InChI is InChI=1S/C17H26N4OS.HI/c1-5-12(2)20-17(18-9-8-15-7-6-10-22-15)19-11-16-21-13(3)14(4)23-16;/h6-7,10,12H,5,8-9,11H2,1-4H3,(H2,18,19,20);1H. The zero-order valence-electron chi connectivity index (χ0n) is 14.8. The van der Waals surface area contributed by atoms with Crippen molar-refractivity contribution in [3.63, 3.8) is 0 Å². The number of halogens is 1. The smallest absolute Gasteiger partial charge is 0.191 e. The van der Waals surface area contributed by atoms with Gasteiger partial charge in [0.05, 0.1) is 18.5 Å². The van der Waals surface area contributed by atoms with Gasteiger partial charge in [0.1, 0.15) is 10.8 Å². The van der Waals surface area contributed by atoms with Gasteiger partial charge in [0, 0.05) is 23.9 Å². The summed E-state index contributed by atoms with van der Waals surface area (Å²) in [6.07, 6.45) is 3.59. The molecule has 134 valence electrons. The summed E-state index contributed by atoms with van der Waals surface area (Å²) in [5.41, 5.74) is 1.10. The lowest BCUT2D eigenvalue weighted by atomic mass is 10.3. The van der Waals surface area contributed by atoms with Crippen molar-refractivity contribution in [2.75, 3.05) is 6.54 Å². The van der Waals surface area contributed by atoms with Gasteiger partial charge in [0.25, 0.3) is 0 Å². The highest BCUT2D eigenvalue weighted by atomic mass is 127. The first kappa shape index (κ1) is 21.0. The number of aromatic nitrogens is 1. The maximum Gasteiger partial charge on any atom is 0.191 e. The van der Waals surface area contributed by atoms with Crippen molar-refractivity contribution in [1.29, 1.82) is 0 Å². The minimum absolute atomic E-state index is 0. The van der Waals surface area contributed by atoms with E-state index in [0.29, 0.717) is 12.6 Å².